The summed E-state index contributed by atoms with van der Waals surface area (Å²) >= 11 is 0. The van der Waals surface area contributed by atoms with Crippen LogP contribution in [-0.2, 0) is 4.79 Å². The van der Waals surface area contributed by atoms with Crippen LogP contribution in [0, 0.1) is 5.92 Å². The molecular weight excluding hydrogens is 220 g/mol. The standard InChI is InChI=1S/C17H28O/c1-3-5-9-15(4-2)12-13-17(18)14-16-10-7-6-8-11-16/h10,12-13,15H,3-9,11,14H2,1-2H3/b13-12+. The molecule has 0 radical (unpaired) electrons. The lowest BCUT2D eigenvalue weighted by atomic mass is 9.94. The molecule has 18 heavy (non-hydrogen) atoms. The first-order valence-electron chi connectivity index (χ1n) is 7.65. The van der Waals surface area contributed by atoms with Crippen LogP contribution in [0.15, 0.2) is 23.8 Å². The van der Waals surface area contributed by atoms with E-state index in [-0.39, 0.29) is 5.78 Å². The molecule has 0 saturated carbocycles. The van der Waals surface area contributed by atoms with Gasteiger partial charge in [-0.3, -0.25) is 4.79 Å². The maximum absolute atomic E-state index is 11.9. The number of allylic oxidation sites excluding steroid dienone is 4. The Labute approximate surface area is 112 Å². The number of rotatable bonds is 8. The van der Waals surface area contributed by atoms with Gasteiger partial charge in [0.25, 0.3) is 0 Å². The van der Waals surface area contributed by atoms with Crippen LogP contribution in [0.1, 0.15) is 71.6 Å². The third-order valence-corrected chi connectivity index (χ3v) is 3.79. The van der Waals surface area contributed by atoms with Crippen molar-refractivity contribution in [2.45, 2.75) is 71.6 Å². The highest BCUT2D eigenvalue weighted by molar-refractivity contribution is 5.91. The number of hydrogen-bond donors (Lipinski definition) is 0. The predicted octanol–water partition coefficient (Wildman–Crippen LogP) is 5.22. The maximum atomic E-state index is 11.9. The van der Waals surface area contributed by atoms with Crippen LogP contribution in [0.5, 0.6) is 0 Å². The zero-order valence-electron chi connectivity index (χ0n) is 12.1. The lowest BCUT2D eigenvalue weighted by Crippen LogP contribution is -2.01. The van der Waals surface area contributed by atoms with E-state index in [1.807, 2.05) is 6.08 Å². The number of unbranched alkanes of at least 4 members (excludes halogenated alkanes) is 1. The van der Waals surface area contributed by atoms with Gasteiger partial charge in [-0.25, -0.2) is 0 Å². The molecule has 1 atom stereocenters. The molecule has 0 amide bonds. The molecule has 102 valence electrons. The van der Waals surface area contributed by atoms with Crippen molar-refractivity contribution in [3.05, 3.63) is 23.8 Å². The smallest absolute Gasteiger partial charge is 0.159 e. The fourth-order valence-corrected chi connectivity index (χ4v) is 2.49. The minimum atomic E-state index is 0.290. The van der Waals surface area contributed by atoms with Crippen LogP contribution in [0.25, 0.3) is 0 Å². The van der Waals surface area contributed by atoms with E-state index in [0.717, 1.165) is 12.8 Å². The van der Waals surface area contributed by atoms with Crippen molar-refractivity contribution < 1.29 is 4.79 Å². The van der Waals surface area contributed by atoms with E-state index in [9.17, 15) is 4.79 Å². The average Bonchev–Trinajstić information content (AvgIpc) is 2.40. The molecule has 1 aliphatic carbocycles. The Balaban J connectivity index is 2.34. The number of hydrogen-bond acceptors (Lipinski definition) is 1. The normalized spacial score (nSPS) is 17.8. The van der Waals surface area contributed by atoms with Crippen molar-refractivity contribution in [3.63, 3.8) is 0 Å². The predicted molar refractivity (Wildman–Crippen MR) is 78.6 cm³/mol. The van der Waals surface area contributed by atoms with Crippen molar-refractivity contribution in [2.75, 3.05) is 0 Å². The van der Waals surface area contributed by atoms with Gasteiger partial charge >= 0.3 is 0 Å². The zero-order chi connectivity index (χ0) is 13.2. The first-order chi connectivity index (χ1) is 8.76. The van der Waals surface area contributed by atoms with Crippen LogP contribution in [0.2, 0.25) is 0 Å². The first kappa shape index (κ1) is 15.2. The summed E-state index contributed by atoms with van der Waals surface area (Å²) in [6, 6.07) is 0. The molecular formula is C17H28O. The molecule has 1 rings (SSSR count). The number of carbonyl (C=O) groups is 1. The van der Waals surface area contributed by atoms with Gasteiger partial charge in [0, 0.05) is 6.42 Å². The summed E-state index contributed by atoms with van der Waals surface area (Å²) in [5.41, 5.74) is 1.36. The molecule has 0 aromatic carbocycles. The van der Waals surface area contributed by atoms with Gasteiger partial charge in [0.15, 0.2) is 5.78 Å². The molecule has 0 fully saturated rings. The SMILES string of the molecule is CCCCC(/C=C/C(=O)CC1=CCCCC1)CC. The summed E-state index contributed by atoms with van der Waals surface area (Å²) in [6.45, 7) is 4.43. The minimum absolute atomic E-state index is 0.290. The Morgan fingerprint density at radius 2 is 2.22 bits per heavy atom. The van der Waals surface area contributed by atoms with E-state index in [1.165, 1.54) is 44.1 Å². The van der Waals surface area contributed by atoms with E-state index in [0.29, 0.717) is 12.3 Å². The van der Waals surface area contributed by atoms with Gasteiger partial charge in [-0.15, -0.1) is 0 Å². The Hall–Kier alpha value is -0.850. The number of ketones is 1. The molecule has 0 aromatic heterocycles. The topological polar surface area (TPSA) is 17.1 Å². The lowest BCUT2D eigenvalue weighted by Gasteiger charge is -2.11. The second-order valence-electron chi connectivity index (χ2n) is 5.42. The van der Waals surface area contributed by atoms with Crippen molar-refractivity contribution >= 4 is 5.78 Å². The average molecular weight is 248 g/mol. The van der Waals surface area contributed by atoms with Crippen LogP contribution in [0.3, 0.4) is 0 Å². The maximum Gasteiger partial charge on any atom is 0.159 e. The van der Waals surface area contributed by atoms with E-state index < -0.39 is 0 Å². The van der Waals surface area contributed by atoms with E-state index in [1.54, 1.807) is 0 Å². The molecule has 1 heteroatoms. The molecule has 1 nitrogen and oxygen atoms in total. The molecule has 1 aliphatic rings. The Kier molecular flexibility index (Phi) is 7.71. The van der Waals surface area contributed by atoms with E-state index in [2.05, 4.69) is 26.0 Å². The summed E-state index contributed by atoms with van der Waals surface area (Å²) in [7, 11) is 0. The third-order valence-electron chi connectivity index (χ3n) is 3.79. The van der Waals surface area contributed by atoms with Gasteiger partial charge in [-0.1, -0.05) is 44.4 Å². The highest BCUT2D eigenvalue weighted by atomic mass is 16.1. The van der Waals surface area contributed by atoms with E-state index >= 15 is 0 Å². The second-order valence-corrected chi connectivity index (χ2v) is 5.42. The van der Waals surface area contributed by atoms with Crippen LogP contribution >= 0.6 is 0 Å². The van der Waals surface area contributed by atoms with Crippen molar-refractivity contribution in [3.8, 4) is 0 Å². The van der Waals surface area contributed by atoms with Gasteiger partial charge in [0.1, 0.15) is 0 Å². The second kappa shape index (κ2) is 9.13. The first-order valence-corrected chi connectivity index (χ1v) is 7.65. The fourth-order valence-electron chi connectivity index (χ4n) is 2.49. The van der Waals surface area contributed by atoms with Crippen molar-refractivity contribution in [1.82, 2.24) is 0 Å². The van der Waals surface area contributed by atoms with Crippen molar-refractivity contribution in [1.29, 1.82) is 0 Å². The van der Waals surface area contributed by atoms with Gasteiger partial charge in [-0.2, -0.15) is 0 Å². The summed E-state index contributed by atoms with van der Waals surface area (Å²) in [5.74, 6) is 0.882. The Morgan fingerprint density at radius 3 is 2.83 bits per heavy atom. The minimum Gasteiger partial charge on any atom is -0.295 e. The monoisotopic (exact) mass is 248 g/mol. The summed E-state index contributed by atoms with van der Waals surface area (Å²) in [5, 5.41) is 0. The fraction of sp³-hybridized carbons (Fsp3) is 0.706. The summed E-state index contributed by atoms with van der Waals surface area (Å²) in [6.07, 6.45) is 16.6. The van der Waals surface area contributed by atoms with Gasteiger partial charge < -0.3 is 0 Å². The highest BCUT2D eigenvalue weighted by Gasteiger charge is 2.07. The quantitative estimate of drug-likeness (QED) is 0.425. The van der Waals surface area contributed by atoms with Gasteiger partial charge in [0.05, 0.1) is 0 Å². The van der Waals surface area contributed by atoms with Crippen LogP contribution < -0.4 is 0 Å². The van der Waals surface area contributed by atoms with Gasteiger partial charge in [-0.05, 0) is 50.5 Å². The molecule has 1 unspecified atom stereocenters. The summed E-state index contributed by atoms with van der Waals surface area (Å²) < 4.78 is 0. The molecule has 0 saturated heterocycles. The van der Waals surface area contributed by atoms with Crippen LogP contribution in [0.4, 0.5) is 0 Å². The molecule has 0 aromatic rings. The molecule has 0 heterocycles. The van der Waals surface area contributed by atoms with E-state index in [4.69, 9.17) is 0 Å². The van der Waals surface area contributed by atoms with Crippen LogP contribution in [-0.4, -0.2) is 5.78 Å². The molecule has 0 N–H and O–H groups in total. The molecule has 0 bridgehead atoms. The Bertz CT molecular complexity index is 299. The summed E-state index contributed by atoms with van der Waals surface area (Å²) in [4.78, 5) is 11.9. The molecule has 0 spiro atoms. The highest BCUT2D eigenvalue weighted by Crippen LogP contribution is 2.21. The van der Waals surface area contributed by atoms with Crippen molar-refractivity contribution in [2.24, 2.45) is 5.92 Å². The zero-order valence-corrected chi connectivity index (χ0v) is 12.1. The largest absolute Gasteiger partial charge is 0.295 e. The lowest BCUT2D eigenvalue weighted by molar-refractivity contribution is -0.114. The molecule has 0 aliphatic heterocycles. The number of carbonyl (C=O) groups excluding carboxylic acids is 1. The Morgan fingerprint density at radius 1 is 1.39 bits per heavy atom. The third kappa shape index (κ3) is 6.18. The van der Waals surface area contributed by atoms with Gasteiger partial charge in [0.2, 0.25) is 0 Å².